The van der Waals surface area contributed by atoms with Crippen molar-refractivity contribution in [3.8, 4) is 5.75 Å². The third-order valence-electron chi connectivity index (χ3n) is 3.01. The van der Waals surface area contributed by atoms with Gasteiger partial charge in [-0.2, -0.15) is 0 Å². The molecule has 1 aliphatic carbocycles. The van der Waals surface area contributed by atoms with Crippen LogP contribution in [0.25, 0.3) is 0 Å². The van der Waals surface area contributed by atoms with E-state index in [1.807, 2.05) is 13.8 Å². The number of nitrogens with one attached hydrogen (secondary N) is 1. The summed E-state index contributed by atoms with van der Waals surface area (Å²) in [5.41, 5.74) is 6.49. The van der Waals surface area contributed by atoms with Gasteiger partial charge in [0.2, 0.25) is 0 Å². The lowest BCUT2D eigenvalue weighted by atomic mass is 9.93. The Labute approximate surface area is 112 Å². The summed E-state index contributed by atoms with van der Waals surface area (Å²) < 4.78 is 5.75. The average Bonchev–Trinajstić information content (AvgIpc) is 2.50. The summed E-state index contributed by atoms with van der Waals surface area (Å²) in [6.45, 7) is 5.45. The van der Waals surface area contributed by atoms with Gasteiger partial charge in [0.25, 0.3) is 0 Å². The molecule has 0 aliphatic heterocycles. The molecule has 0 aromatic carbocycles. The van der Waals surface area contributed by atoms with E-state index in [1.165, 1.54) is 37.5 Å². The van der Waals surface area contributed by atoms with Gasteiger partial charge in [-0.3, -0.25) is 4.79 Å². The number of anilines is 2. The van der Waals surface area contributed by atoms with Crippen LogP contribution in [0.4, 0.5) is 10.7 Å². The van der Waals surface area contributed by atoms with E-state index in [1.54, 1.807) is 0 Å². The van der Waals surface area contributed by atoms with Crippen LogP contribution < -0.4 is 15.8 Å². The van der Waals surface area contributed by atoms with E-state index in [2.05, 4.69) is 5.32 Å². The Balaban J connectivity index is 2.28. The number of hydrogen-bond donors (Lipinski definition) is 2. The number of hydrogen-bond acceptors (Lipinski definition) is 5. The molecule has 0 amide bonds. The molecule has 1 aromatic heterocycles. The smallest absolute Gasteiger partial charge is 0.177 e. The van der Waals surface area contributed by atoms with Gasteiger partial charge >= 0.3 is 0 Å². The molecule has 1 fully saturated rings. The van der Waals surface area contributed by atoms with Crippen molar-refractivity contribution in [3.05, 3.63) is 4.88 Å². The van der Waals surface area contributed by atoms with Crippen molar-refractivity contribution in [3.63, 3.8) is 0 Å². The zero-order valence-corrected chi connectivity index (χ0v) is 11.9. The van der Waals surface area contributed by atoms with E-state index in [-0.39, 0.29) is 11.9 Å². The second kappa shape index (κ2) is 5.18. The zero-order chi connectivity index (χ0) is 13.3. The Morgan fingerprint density at radius 3 is 2.61 bits per heavy atom. The van der Waals surface area contributed by atoms with Crippen LogP contribution in [0.5, 0.6) is 5.75 Å². The number of ketones is 1. The fourth-order valence-electron chi connectivity index (χ4n) is 1.88. The second-order valence-corrected chi connectivity index (χ2v) is 6.02. The molecule has 1 aromatic rings. The van der Waals surface area contributed by atoms with Gasteiger partial charge < -0.3 is 15.8 Å². The molecule has 100 valence electrons. The van der Waals surface area contributed by atoms with E-state index < -0.39 is 0 Å². The SMILES string of the molecule is CC(=O)c1sc(NC2CCC2)c(OC(C)C)c1N. The van der Waals surface area contributed by atoms with Crippen LogP contribution in [0.3, 0.4) is 0 Å². The third kappa shape index (κ3) is 2.61. The van der Waals surface area contributed by atoms with Gasteiger partial charge in [-0.15, -0.1) is 11.3 Å². The van der Waals surface area contributed by atoms with Crippen molar-refractivity contribution >= 4 is 27.8 Å². The van der Waals surface area contributed by atoms with Crippen LogP contribution in [0.15, 0.2) is 0 Å². The summed E-state index contributed by atoms with van der Waals surface area (Å²) in [5.74, 6) is 0.639. The van der Waals surface area contributed by atoms with Crippen LogP contribution >= 0.6 is 11.3 Å². The summed E-state index contributed by atoms with van der Waals surface area (Å²) in [4.78, 5) is 12.1. The van der Waals surface area contributed by atoms with Crippen molar-refractivity contribution in [2.24, 2.45) is 0 Å². The monoisotopic (exact) mass is 268 g/mol. The Kier molecular flexibility index (Phi) is 3.80. The van der Waals surface area contributed by atoms with Gasteiger partial charge in [0, 0.05) is 13.0 Å². The minimum atomic E-state index is -0.00670. The van der Waals surface area contributed by atoms with Crippen molar-refractivity contribution < 1.29 is 9.53 Å². The molecule has 0 spiro atoms. The van der Waals surface area contributed by atoms with Crippen molar-refractivity contribution in [1.29, 1.82) is 0 Å². The standard InChI is InChI=1S/C13H20N2O2S/c1-7(2)17-11-10(14)12(8(3)16)18-13(11)15-9-5-4-6-9/h7,9,15H,4-6,14H2,1-3H3. The molecule has 5 heteroatoms. The van der Waals surface area contributed by atoms with Gasteiger partial charge in [-0.05, 0) is 33.1 Å². The molecule has 0 unspecified atom stereocenters. The molecule has 18 heavy (non-hydrogen) atoms. The Morgan fingerprint density at radius 1 is 1.50 bits per heavy atom. The van der Waals surface area contributed by atoms with Crippen LogP contribution in [0, 0.1) is 0 Å². The normalized spacial score (nSPS) is 15.6. The molecular weight excluding hydrogens is 248 g/mol. The highest BCUT2D eigenvalue weighted by Gasteiger charge is 2.25. The Morgan fingerprint density at radius 2 is 2.17 bits per heavy atom. The molecule has 1 aliphatic rings. The highest BCUT2D eigenvalue weighted by atomic mass is 32.1. The fourth-order valence-corrected chi connectivity index (χ4v) is 2.90. The fraction of sp³-hybridized carbons (Fsp3) is 0.615. The zero-order valence-electron chi connectivity index (χ0n) is 11.1. The van der Waals surface area contributed by atoms with Crippen molar-refractivity contribution in [2.45, 2.75) is 52.2 Å². The summed E-state index contributed by atoms with van der Waals surface area (Å²) in [5, 5.41) is 4.33. The van der Waals surface area contributed by atoms with Crippen LogP contribution in [0.1, 0.15) is 49.7 Å². The topological polar surface area (TPSA) is 64.3 Å². The van der Waals surface area contributed by atoms with Gasteiger partial charge in [-0.1, -0.05) is 0 Å². The highest BCUT2D eigenvalue weighted by molar-refractivity contribution is 7.19. The van der Waals surface area contributed by atoms with E-state index in [4.69, 9.17) is 10.5 Å². The first kappa shape index (κ1) is 13.2. The van der Waals surface area contributed by atoms with Gasteiger partial charge in [0.15, 0.2) is 11.5 Å². The molecule has 0 bridgehead atoms. The maximum Gasteiger partial charge on any atom is 0.177 e. The second-order valence-electron chi connectivity index (χ2n) is 5.00. The first-order valence-electron chi connectivity index (χ1n) is 6.35. The molecule has 0 radical (unpaired) electrons. The predicted molar refractivity (Wildman–Crippen MR) is 75.8 cm³/mol. The number of ether oxygens (including phenoxy) is 1. The van der Waals surface area contributed by atoms with Crippen molar-refractivity contribution in [2.75, 3.05) is 11.1 Å². The largest absolute Gasteiger partial charge is 0.486 e. The van der Waals surface area contributed by atoms with Crippen LogP contribution in [-0.2, 0) is 0 Å². The van der Waals surface area contributed by atoms with E-state index in [0.29, 0.717) is 22.4 Å². The van der Waals surface area contributed by atoms with Gasteiger partial charge in [0.05, 0.1) is 16.7 Å². The Hall–Kier alpha value is -1.23. The van der Waals surface area contributed by atoms with Gasteiger partial charge in [-0.25, -0.2) is 0 Å². The lowest BCUT2D eigenvalue weighted by molar-refractivity contribution is 0.102. The maximum absolute atomic E-state index is 11.5. The lowest BCUT2D eigenvalue weighted by Gasteiger charge is -2.27. The molecule has 1 saturated carbocycles. The summed E-state index contributed by atoms with van der Waals surface area (Å²) in [6, 6.07) is 0.498. The molecule has 0 atom stereocenters. The molecule has 0 saturated heterocycles. The quantitative estimate of drug-likeness (QED) is 0.804. The molecule has 1 heterocycles. The van der Waals surface area contributed by atoms with Gasteiger partial charge in [0.1, 0.15) is 5.00 Å². The Bertz CT molecular complexity index is 450. The number of nitrogen functional groups attached to an aromatic ring is 1. The molecule has 4 nitrogen and oxygen atoms in total. The van der Waals surface area contributed by atoms with Crippen molar-refractivity contribution in [1.82, 2.24) is 0 Å². The summed E-state index contributed by atoms with van der Waals surface area (Å²) in [6.07, 6.45) is 3.66. The summed E-state index contributed by atoms with van der Waals surface area (Å²) >= 11 is 1.40. The molecular formula is C13H20N2O2S. The maximum atomic E-state index is 11.5. The minimum Gasteiger partial charge on any atom is -0.486 e. The number of thiophene rings is 1. The lowest BCUT2D eigenvalue weighted by Crippen LogP contribution is -2.26. The molecule has 3 N–H and O–H groups in total. The number of rotatable bonds is 5. The number of carbonyl (C=O) groups excluding carboxylic acids is 1. The third-order valence-corrected chi connectivity index (χ3v) is 4.23. The number of Topliss-reactive ketones (excluding diaryl/α,β-unsaturated/α-hetero) is 1. The van der Waals surface area contributed by atoms with E-state index >= 15 is 0 Å². The number of carbonyl (C=O) groups is 1. The van der Waals surface area contributed by atoms with E-state index in [0.717, 1.165) is 5.00 Å². The first-order chi connectivity index (χ1) is 8.49. The number of nitrogens with two attached hydrogens (primary N) is 1. The van der Waals surface area contributed by atoms with Crippen LogP contribution in [0.2, 0.25) is 0 Å². The highest BCUT2D eigenvalue weighted by Crippen LogP contribution is 2.44. The minimum absolute atomic E-state index is 0.00670. The predicted octanol–water partition coefficient (Wildman–Crippen LogP) is 3.28. The summed E-state index contributed by atoms with van der Waals surface area (Å²) in [7, 11) is 0. The first-order valence-corrected chi connectivity index (χ1v) is 7.17. The molecule has 2 rings (SSSR count). The van der Waals surface area contributed by atoms with Crippen LogP contribution in [-0.4, -0.2) is 17.9 Å². The van der Waals surface area contributed by atoms with E-state index in [9.17, 15) is 4.79 Å². The average molecular weight is 268 g/mol.